The van der Waals surface area contributed by atoms with Gasteiger partial charge in [0.25, 0.3) is 5.91 Å². The van der Waals surface area contributed by atoms with Gasteiger partial charge >= 0.3 is 0 Å². The van der Waals surface area contributed by atoms with Gasteiger partial charge < -0.3 is 9.80 Å². The molecule has 2 aromatic carbocycles. The summed E-state index contributed by atoms with van der Waals surface area (Å²) in [6, 6.07) is 15.6. The largest absolute Gasteiger partial charge is 0.338 e. The molecule has 2 aromatic rings. The Kier molecular flexibility index (Phi) is 9.90. The summed E-state index contributed by atoms with van der Waals surface area (Å²) in [4.78, 5) is 30.4. The van der Waals surface area contributed by atoms with E-state index in [0.717, 1.165) is 16.7 Å². The van der Waals surface area contributed by atoms with Crippen LogP contribution < -0.4 is 0 Å². The molecular formula is C29H41N3O4S. The number of hydrogen-bond acceptors (Lipinski definition) is 4. The molecule has 1 saturated heterocycles. The molecule has 8 heteroatoms. The summed E-state index contributed by atoms with van der Waals surface area (Å²) in [5.74, 6) is -0.117. The second kappa shape index (κ2) is 12.7. The van der Waals surface area contributed by atoms with Crippen LogP contribution >= 0.6 is 0 Å². The second-order valence-corrected chi connectivity index (χ2v) is 12.7. The van der Waals surface area contributed by atoms with Crippen molar-refractivity contribution in [2.75, 3.05) is 31.9 Å². The van der Waals surface area contributed by atoms with Crippen LogP contribution in [0.4, 0.5) is 0 Å². The summed E-state index contributed by atoms with van der Waals surface area (Å²) in [5.41, 5.74) is 3.93. The lowest BCUT2D eigenvalue weighted by atomic mass is 10.0. The van der Waals surface area contributed by atoms with E-state index in [1.54, 1.807) is 6.92 Å². The Bertz CT molecular complexity index is 1150. The zero-order chi connectivity index (χ0) is 27.2. The van der Waals surface area contributed by atoms with Gasteiger partial charge in [-0.25, -0.2) is 8.42 Å². The highest BCUT2D eigenvalue weighted by Crippen LogP contribution is 2.22. The molecule has 202 valence electrons. The smallest absolute Gasteiger partial charge is 0.253 e. The maximum absolute atomic E-state index is 13.7. The fourth-order valence-electron chi connectivity index (χ4n) is 4.68. The van der Waals surface area contributed by atoms with Gasteiger partial charge in [0.05, 0.1) is 12.3 Å². The first kappa shape index (κ1) is 28.9. The monoisotopic (exact) mass is 527 g/mol. The molecule has 0 radical (unpaired) electrons. The number of benzene rings is 2. The minimum Gasteiger partial charge on any atom is -0.338 e. The summed E-state index contributed by atoms with van der Waals surface area (Å²) in [6.07, 6.45) is 1.31. The molecule has 2 amide bonds. The van der Waals surface area contributed by atoms with E-state index in [1.807, 2.05) is 86.0 Å². The Balaban J connectivity index is 1.77. The lowest BCUT2D eigenvalue weighted by Crippen LogP contribution is -2.51. The van der Waals surface area contributed by atoms with Gasteiger partial charge in [0, 0.05) is 37.8 Å². The van der Waals surface area contributed by atoms with Crippen molar-refractivity contribution in [1.82, 2.24) is 14.1 Å². The van der Waals surface area contributed by atoms with E-state index in [2.05, 4.69) is 0 Å². The third kappa shape index (κ3) is 7.89. The minimum atomic E-state index is -3.51. The van der Waals surface area contributed by atoms with E-state index >= 15 is 0 Å². The van der Waals surface area contributed by atoms with Crippen LogP contribution in [0.25, 0.3) is 0 Å². The number of nitrogens with zero attached hydrogens (tertiary/aromatic N) is 3. The molecule has 0 aromatic heterocycles. The Morgan fingerprint density at radius 1 is 0.946 bits per heavy atom. The second-order valence-electron chi connectivity index (χ2n) is 10.5. The van der Waals surface area contributed by atoms with Crippen molar-refractivity contribution in [1.29, 1.82) is 0 Å². The zero-order valence-corrected chi connectivity index (χ0v) is 23.6. The zero-order valence-electron chi connectivity index (χ0n) is 22.8. The number of sulfonamides is 1. The number of hydrogen-bond donors (Lipinski definition) is 0. The van der Waals surface area contributed by atoms with Crippen LogP contribution in [0.2, 0.25) is 0 Å². The third-order valence-corrected chi connectivity index (χ3v) is 8.72. The molecule has 1 heterocycles. The van der Waals surface area contributed by atoms with Gasteiger partial charge in [-0.05, 0) is 57.2 Å². The van der Waals surface area contributed by atoms with Crippen molar-refractivity contribution in [2.24, 2.45) is 5.92 Å². The van der Waals surface area contributed by atoms with Gasteiger partial charge in [-0.3, -0.25) is 9.59 Å². The van der Waals surface area contributed by atoms with E-state index in [-0.39, 0.29) is 36.1 Å². The minimum absolute atomic E-state index is 0.00649. The lowest BCUT2D eigenvalue weighted by molar-refractivity contribution is -0.135. The number of amides is 2. The van der Waals surface area contributed by atoms with Crippen LogP contribution in [-0.2, 0) is 21.4 Å². The molecule has 0 bridgehead atoms. The van der Waals surface area contributed by atoms with Crippen molar-refractivity contribution in [3.63, 3.8) is 0 Å². The highest BCUT2D eigenvalue weighted by Gasteiger charge is 2.33. The number of rotatable bonds is 10. The topological polar surface area (TPSA) is 78.0 Å². The number of aryl methyl sites for hydroxylation is 2. The highest BCUT2D eigenvalue weighted by atomic mass is 32.2. The van der Waals surface area contributed by atoms with Crippen molar-refractivity contribution in [3.8, 4) is 0 Å². The molecule has 1 aliphatic heterocycles. The Labute approximate surface area is 222 Å². The van der Waals surface area contributed by atoms with Crippen LogP contribution in [-0.4, -0.2) is 72.3 Å². The van der Waals surface area contributed by atoms with Gasteiger partial charge in [0.15, 0.2) is 0 Å². The normalized spacial score (nSPS) is 14.8. The molecular weight excluding hydrogens is 486 g/mol. The Morgan fingerprint density at radius 3 is 2.00 bits per heavy atom. The number of carbonyl (C=O) groups is 2. The quantitative estimate of drug-likeness (QED) is 0.463. The molecule has 0 atom stereocenters. The third-order valence-electron chi connectivity index (χ3n) is 6.92. The standard InChI is InChI=1S/C29H41N3O4S/c1-6-37(35,36)31(19-22(2)3)21-28(33)32(20-25-11-7-23(4)8-12-25)27-15-17-30(18-16-27)29(34)26-13-9-24(5)10-14-26/h7-14,22,27H,6,15-21H2,1-5H3. The molecule has 37 heavy (non-hydrogen) atoms. The Hall–Kier alpha value is -2.71. The summed E-state index contributed by atoms with van der Waals surface area (Å²) in [5, 5.41) is 0. The van der Waals surface area contributed by atoms with Crippen LogP contribution in [0.5, 0.6) is 0 Å². The summed E-state index contributed by atoms with van der Waals surface area (Å²) >= 11 is 0. The molecule has 1 aliphatic rings. The van der Waals surface area contributed by atoms with E-state index in [0.29, 0.717) is 44.6 Å². The van der Waals surface area contributed by atoms with Crippen LogP contribution in [0.15, 0.2) is 48.5 Å². The average Bonchev–Trinajstić information content (AvgIpc) is 2.87. The van der Waals surface area contributed by atoms with Crippen molar-refractivity contribution < 1.29 is 18.0 Å². The predicted octanol–water partition coefficient (Wildman–Crippen LogP) is 4.24. The molecule has 0 unspecified atom stereocenters. The van der Waals surface area contributed by atoms with Gasteiger partial charge in [-0.2, -0.15) is 4.31 Å². The summed E-state index contributed by atoms with van der Waals surface area (Å²) < 4.78 is 26.8. The van der Waals surface area contributed by atoms with E-state index in [9.17, 15) is 18.0 Å². The van der Waals surface area contributed by atoms with E-state index in [1.165, 1.54) is 4.31 Å². The maximum atomic E-state index is 13.7. The maximum Gasteiger partial charge on any atom is 0.253 e. The molecule has 0 spiro atoms. The van der Waals surface area contributed by atoms with E-state index < -0.39 is 10.0 Å². The SMILES string of the molecule is CCS(=O)(=O)N(CC(=O)N(Cc1ccc(C)cc1)C1CCN(C(=O)c2ccc(C)cc2)CC1)CC(C)C. The summed E-state index contributed by atoms with van der Waals surface area (Å²) in [7, 11) is -3.51. The summed E-state index contributed by atoms with van der Waals surface area (Å²) in [6.45, 7) is 11.2. The first-order valence-corrected chi connectivity index (χ1v) is 14.8. The van der Waals surface area contributed by atoms with Crippen LogP contribution in [0.1, 0.15) is 60.7 Å². The molecule has 0 saturated carbocycles. The van der Waals surface area contributed by atoms with Gasteiger partial charge in [-0.15, -0.1) is 0 Å². The Morgan fingerprint density at radius 2 is 1.49 bits per heavy atom. The average molecular weight is 528 g/mol. The molecule has 3 rings (SSSR count). The fourth-order valence-corrected chi connectivity index (χ4v) is 5.88. The van der Waals surface area contributed by atoms with Crippen molar-refractivity contribution >= 4 is 21.8 Å². The van der Waals surface area contributed by atoms with Gasteiger partial charge in [0.1, 0.15) is 0 Å². The lowest BCUT2D eigenvalue weighted by Gasteiger charge is -2.39. The van der Waals surface area contributed by atoms with Crippen molar-refractivity contribution in [3.05, 3.63) is 70.8 Å². The number of likely N-dealkylation sites (tertiary alicyclic amines) is 1. The molecule has 0 N–H and O–H groups in total. The molecule has 1 fully saturated rings. The van der Waals surface area contributed by atoms with Crippen LogP contribution in [0.3, 0.4) is 0 Å². The highest BCUT2D eigenvalue weighted by molar-refractivity contribution is 7.89. The first-order chi connectivity index (χ1) is 17.5. The van der Waals surface area contributed by atoms with Crippen LogP contribution in [0, 0.1) is 19.8 Å². The first-order valence-electron chi connectivity index (χ1n) is 13.2. The van der Waals surface area contributed by atoms with Gasteiger partial charge in [0.2, 0.25) is 15.9 Å². The molecule has 0 aliphatic carbocycles. The number of carbonyl (C=O) groups excluding carboxylic acids is 2. The van der Waals surface area contributed by atoms with Crippen molar-refractivity contribution in [2.45, 2.75) is 60.0 Å². The van der Waals surface area contributed by atoms with Gasteiger partial charge in [-0.1, -0.05) is 61.4 Å². The molecule has 7 nitrogen and oxygen atoms in total. The predicted molar refractivity (Wildman–Crippen MR) is 148 cm³/mol. The number of piperidine rings is 1. The fraction of sp³-hybridized carbons (Fsp3) is 0.517. The van der Waals surface area contributed by atoms with E-state index in [4.69, 9.17) is 0 Å².